The molecule has 2 aliphatic rings. The number of fused-ring (bicyclic) bond motifs is 5. The molecular formula is C17H12O4. The van der Waals surface area contributed by atoms with Crippen LogP contribution < -0.4 is 4.74 Å². The molecule has 0 amide bonds. The number of hydrogen-bond acceptors (Lipinski definition) is 4. The summed E-state index contributed by atoms with van der Waals surface area (Å²) in [5.41, 5.74) is 3.54. The molecule has 1 atom stereocenters. The maximum Gasteiger partial charge on any atom is 0.511 e. The summed E-state index contributed by atoms with van der Waals surface area (Å²) in [6.07, 6.45) is 1.22. The summed E-state index contributed by atoms with van der Waals surface area (Å²) in [7, 11) is 1.28. The molecule has 0 aromatic heterocycles. The minimum Gasteiger partial charge on any atom is -0.443 e. The maximum absolute atomic E-state index is 11.7. The summed E-state index contributed by atoms with van der Waals surface area (Å²) in [5, 5.41) is 0. The Morgan fingerprint density at radius 3 is 2.71 bits per heavy atom. The van der Waals surface area contributed by atoms with Crippen LogP contribution in [0.4, 0.5) is 4.79 Å². The van der Waals surface area contributed by atoms with Crippen molar-refractivity contribution >= 4 is 17.8 Å². The fraction of sp³-hybridized carbons (Fsp3) is 0.118. The molecule has 0 saturated heterocycles. The highest BCUT2D eigenvalue weighted by molar-refractivity contribution is 5.97. The van der Waals surface area contributed by atoms with Crippen LogP contribution in [0.5, 0.6) is 5.75 Å². The molecular weight excluding hydrogens is 268 g/mol. The molecule has 4 nitrogen and oxygen atoms in total. The lowest BCUT2D eigenvalue weighted by Crippen LogP contribution is -2.34. The van der Waals surface area contributed by atoms with Crippen molar-refractivity contribution in [2.75, 3.05) is 7.11 Å². The van der Waals surface area contributed by atoms with Gasteiger partial charge in [-0.05, 0) is 17.7 Å². The zero-order chi connectivity index (χ0) is 14.4. The third-order valence-electron chi connectivity index (χ3n) is 3.79. The van der Waals surface area contributed by atoms with E-state index in [9.17, 15) is 4.79 Å². The zero-order valence-corrected chi connectivity index (χ0v) is 11.3. The van der Waals surface area contributed by atoms with Gasteiger partial charge in [-0.2, -0.15) is 0 Å². The monoisotopic (exact) mass is 280 g/mol. The van der Waals surface area contributed by atoms with Crippen LogP contribution in [0.2, 0.25) is 0 Å². The van der Waals surface area contributed by atoms with Crippen molar-refractivity contribution in [3.05, 3.63) is 65.2 Å². The number of rotatable bonds is 1. The van der Waals surface area contributed by atoms with Crippen LogP contribution in [0, 0.1) is 0 Å². The molecule has 0 bridgehead atoms. The quantitative estimate of drug-likeness (QED) is 0.749. The van der Waals surface area contributed by atoms with E-state index in [2.05, 4.69) is 4.74 Å². The van der Waals surface area contributed by atoms with Crippen LogP contribution in [-0.2, 0) is 15.3 Å². The first-order valence-corrected chi connectivity index (χ1v) is 6.62. The van der Waals surface area contributed by atoms with Gasteiger partial charge in [-0.3, -0.25) is 0 Å². The van der Waals surface area contributed by atoms with E-state index in [4.69, 9.17) is 9.47 Å². The van der Waals surface area contributed by atoms with Crippen LogP contribution in [0.3, 0.4) is 0 Å². The average Bonchev–Trinajstić information content (AvgIpc) is 2.98. The summed E-state index contributed by atoms with van der Waals surface area (Å²) < 4.78 is 16.2. The van der Waals surface area contributed by atoms with Gasteiger partial charge >= 0.3 is 11.9 Å². The fourth-order valence-corrected chi connectivity index (χ4v) is 2.91. The number of methoxy groups -OCH3 is 1. The molecule has 104 valence electrons. The zero-order valence-electron chi connectivity index (χ0n) is 11.3. The van der Waals surface area contributed by atoms with Crippen LogP contribution in [0.25, 0.3) is 11.6 Å². The number of ether oxygens (including phenoxy) is 3. The van der Waals surface area contributed by atoms with Gasteiger partial charge in [-0.1, -0.05) is 42.5 Å². The second kappa shape index (κ2) is 4.12. The molecule has 1 heterocycles. The first kappa shape index (κ1) is 12.0. The van der Waals surface area contributed by atoms with Gasteiger partial charge in [0.1, 0.15) is 5.75 Å². The van der Waals surface area contributed by atoms with E-state index < -0.39 is 11.9 Å². The van der Waals surface area contributed by atoms with E-state index in [1.54, 1.807) is 0 Å². The fourth-order valence-electron chi connectivity index (χ4n) is 2.91. The smallest absolute Gasteiger partial charge is 0.443 e. The van der Waals surface area contributed by atoms with E-state index in [0.29, 0.717) is 5.75 Å². The van der Waals surface area contributed by atoms with Gasteiger partial charge in [-0.15, -0.1) is 0 Å². The SMILES string of the molecule is COC(=O)OC12Oc3ccccc3C1=Cc1ccccc12. The summed E-state index contributed by atoms with van der Waals surface area (Å²) in [6.45, 7) is 0. The Kier molecular flexibility index (Phi) is 2.36. The Hall–Kier alpha value is -2.75. The minimum absolute atomic E-state index is 0.696. The predicted octanol–water partition coefficient (Wildman–Crippen LogP) is 3.57. The van der Waals surface area contributed by atoms with Crippen molar-refractivity contribution in [3.63, 3.8) is 0 Å². The number of benzene rings is 2. The molecule has 2 aromatic rings. The Bertz CT molecular complexity index is 778. The molecule has 0 spiro atoms. The minimum atomic E-state index is -1.24. The Balaban J connectivity index is 1.93. The van der Waals surface area contributed by atoms with Crippen LogP contribution in [-0.4, -0.2) is 13.3 Å². The Morgan fingerprint density at radius 1 is 1.10 bits per heavy atom. The summed E-state index contributed by atoms with van der Waals surface area (Å²) in [4.78, 5) is 11.7. The molecule has 0 saturated carbocycles. The van der Waals surface area contributed by atoms with E-state index >= 15 is 0 Å². The van der Waals surface area contributed by atoms with Crippen molar-refractivity contribution in [1.29, 1.82) is 0 Å². The molecule has 1 aliphatic carbocycles. The summed E-state index contributed by atoms with van der Waals surface area (Å²) >= 11 is 0. The average molecular weight is 280 g/mol. The molecule has 4 heteroatoms. The highest BCUT2D eigenvalue weighted by Crippen LogP contribution is 2.55. The molecule has 0 radical (unpaired) electrons. The van der Waals surface area contributed by atoms with E-state index in [1.165, 1.54) is 7.11 Å². The largest absolute Gasteiger partial charge is 0.511 e. The van der Waals surface area contributed by atoms with Crippen molar-refractivity contribution in [2.24, 2.45) is 0 Å². The van der Waals surface area contributed by atoms with Crippen molar-refractivity contribution in [1.82, 2.24) is 0 Å². The molecule has 4 rings (SSSR count). The van der Waals surface area contributed by atoms with Gasteiger partial charge in [0.2, 0.25) is 0 Å². The second-order valence-electron chi connectivity index (χ2n) is 4.92. The molecule has 0 N–H and O–H groups in total. The molecule has 2 aromatic carbocycles. The van der Waals surface area contributed by atoms with Gasteiger partial charge in [-0.25, -0.2) is 4.79 Å². The molecule has 1 aliphatic heterocycles. The Morgan fingerprint density at radius 2 is 1.86 bits per heavy atom. The van der Waals surface area contributed by atoms with Crippen LogP contribution in [0.15, 0.2) is 48.5 Å². The van der Waals surface area contributed by atoms with E-state index in [0.717, 1.165) is 22.3 Å². The van der Waals surface area contributed by atoms with Gasteiger partial charge in [0, 0.05) is 11.1 Å². The van der Waals surface area contributed by atoms with Crippen molar-refractivity contribution in [3.8, 4) is 5.75 Å². The third-order valence-corrected chi connectivity index (χ3v) is 3.79. The van der Waals surface area contributed by atoms with E-state index in [-0.39, 0.29) is 0 Å². The number of carbonyl (C=O) groups is 1. The third kappa shape index (κ3) is 1.53. The maximum atomic E-state index is 11.7. The number of carbonyl (C=O) groups excluding carboxylic acids is 1. The van der Waals surface area contributed by atoms with E-state index in [1.807, 2.05) is 54.6 Å². The molecule has 21 heavy (non-hydrogen) atoms. The van der Waals surface area contributed by atoms with Gasteiger partial charge in [0.05, 0.1) is 12.7 Å². The molecule has 0 fully saturated rings. The van der Waals surface area contributed by atoms with Gasteiger partial charge in [0.25, 0.3) is 0 Å². The van der Waals surface area contributed by atoms with Gasteiger partial charge in [0.15, 0.2) is 0 Å². The van der Waals surface area contributed by atoms with Crippen LogP contribution >= 0.6 is 0 Å². The highest BCUT2D eigenvalue weighted by Gasteiger charge is 2.53. The lowest BCUT2D eigenvalue weighted by molar-refractivity contribution is -0.108. The normalized spacial score (nSPS) is 20.7. The highest BCUT2D eigenvalue weighted by atomic mass is 16.8. The van der Waals surface area contributed by atoms with Crippen molar-refractivity contribution in [2.45, 2.75) is 5.79 Å². The lowest BCUT2D eigenvalue weighted by atomic mass is 9.99. The number of hydrogen-bond donors (Lipinski definition) is 0. The predicted molar refractivity (Wildman–Crippen MR) is 76.6 cm³/mol. The molecule has 1 unspecified atom stereocenters. The van der Waals surface area contributed by atoms with Gasteiger partial charge < -0.3 is 14.2 Å². The second-order valence-corrected chi connectivity index (χ2v) is 4.92. The van der Waals surface area contributed by atoms with Crippen LogP contribution in [0.1, 0.15) is 16.7 Å². The first-order chi connectivity index (χ1) is 10.2. The number of para-hydroxylation sites is 1. The summed E-state index contributed by atoms with van der Waals surface area (Å²) in [5.74, 6) is -0.546. The summed E-state index contributed by atoms with van der Waals surface area (Å²) in [6, 6.07) is 15.3. The lowest BCUT2D eigenvalue weighted by Gasteiger charge is -2.27. The first-order valence-electron chi connectivity index (χ1n) is 6.62. The Labute approximate surface area is 121 Å². The topological polar surface area (TPSA) is 44.8 Å². The van der Waals surface area contributed by atoms with Crippen molar-refractivity contribution < 1.29 is 19.0 Å². The standard InChI is InChI=1S/C17H12O4/c1-19-16(18)21-17-13-8-4-2-6-11(13)10-14(17)12-7-3-5-9-15(12)20-17/h2-10H,1H3.